The minimum Gasteiger partial charge on any atom is -0.495 e. The number of hydrogen-bond acceptors (Lipinski definition) is 6. The Morgan fingerprint density at radius 1 is 1.05 bits per heavy atom. The van der Waals surface area contributed by atoms with E-state index in [4.69, 9.17) is 4.74 Å². The van der Waals surface area contributed by atoms with Crippen molar-refractivity contribution in [2.75, 3.05) is 25.5 Å². The number of ether oxygens (including phenoxy) is 1. The summed E-state index contributed by atoms with van der Waals surface area (Å²) in [4.78, 5) is 17.9. The third kappa shape index (κ3) is 4.50. The normalized spacial score (nSPS) is 14.2. The van der Waals surface area contributed by atoms with E-state index in [0.29, 0.717) is 35.7 Å². The van der Waals surface area contributed by atoms with Crippen molar-refractivity contribution in [3.63, 3.8) is 0 Å². The number of fused-ring (bicyclic) bond motifs is 1. The van der Waals surface area contributed by atoms with E-state index in [0.717, 1.165) is 31.0 Å². The fourth-order valence-corrected chi connectivity index (χ4v) is 6.32. The van der Waals surface area contributed by atoms with Crippen molar-refractivity contribution in [1.29, 1.82) is 0 Å². The largest absolute Gasteiger partial charge is 0.495 e. The third-order valence-electron chi connectivity index (χ3n) is 6.42. The molecule has 0 radical (unpaired) electrons. The van der Waals surface area contributed by atoms with Gasteiger partial charge in [0.15, 0.2) is 11.3 Å². The highest BCUT2D eigenvalue weighted by Gasteiger charge is 2.32. The van der Waals surface area contributed by atoms with Crippen LogP contribution in [0.3, 0.4) is 0 Å². The van der Waals surface area contributed by atoms with Crippen LogP contribution in [0.2, 0.25) is 0 Å². The predicted octanol–water partition coefficient (Wildman–Crippen LogP) is 4.34. The molecule has 0 unspecified atom stereocenters. The molecule has 0 saturated carbocycles. The monoisotopic (exact) mass is 541 g/mol. The SMILES string of the molecule is COc1ccc(-c2c(C(=O)Nc3cc(F)ccc3F)nn3c(C)cc(C)nc23)cc1S(=O)(=O)N1CCCC1. The van der Waals surface area contributed by atoms with Gasteiger partial charge >= 0.3 is 0 Å². The van der Waals surface area contributed by atoms with Gasteiger partial charge in [0, 0.05) is 30.5 Å². The van der Waals surface area contributed by atoms with Gasteiger partial charge in [-0.25, -0.2) is 26.7 Å². The van der Waals surface area contributed by atoms with Crippen LogP contribution >= 0.6 is 0 Å². The Kier molecular flexibility index (Phi) is 6.61. The summed E-state index contributed by atoms with van der Waals surface area (Å²) in [5.74, 6) is -2.20. The fraction of sp³-hybridized carbons (Fsp3) is 0.269. The van der Waals surface area contributed by atoms with E-state index in [1.54, 1.807) is 26.0 Å². The number of nitrogens with one attached hydrogen (secondary N) is 1. The molecule has 2 aromatic heterocycles. The highest BCUT2D eigenvalue weighted by molar-refractivity contribution is 7.89. The van der Waals surface area contributed by atoms with Crippen LogP contribution in [-0.4, -0.2) is 53.4 Å². The highest BCUT2D eigenvalue weighted by atomic mass is 32.2. The number of nitrogens with zero attached hydrogens (tertiary/aromatic N) is 4. The maximum atomic E-state index is 14.3. The molecular weight excluding hydrogens is 516 g/mol. The van der Waals surface area contributed by atoms with Crippen LogP contribution in [0, 0.1) is 25.5 Å². The molecule has 0 spiro atoms. The number of amides is 1. The number of methoxy groups -OCH3 is 1. The summed E-state index contributed by atoms with van der Waals surface area (Å²) in [5.41, 5.74) is 1.73. The van der Waals surface area contributed by atoms with Gasteiger partial charge in [-0.05, 0) is 62.6 Å². The van der Waals surface area contributed by atoms with Crippen LogP contribution < -0.4 is 10.1 Å². The number of sulfonamides is 1. The standard InChI is InChI=1S/C26H25F2N5O4S/c1-15-12-16(2)33-25(29-15)23(24(31-33)26(34)30-20-14-18(27)7-8-19(20)28)17-6-9-21(37-3)22(13-17)38(35,36)32-10-4-5-11-32/h6-9,12-14H,4-5,10-11H2,1-3H3,(H,30,34). The summed E-state index contributed by atoms with van der Waals surface area (Å²) in [6, 6.07) is 9.04. The van der Waals surface area contributed by atoms with Gasteiger partial charge in [-0.1, -0.05) is 6.07 Å². The summed E-state index contributed by atoms with van der Waals surface area (Å²) in [7, 11) is -2.50. The molecule has 0 atom stereocenters. The minimum absolute atomic E-state index is 0.0503. The van der Waals surface area contributed by atoms with E-state index in [1.807, 2.05) is 0 Å². The number of anilines is 1. The number of carbonyl (C=O) groups excluding carboxylic acids is 1. The molecular formula is C26H25F2N5O4S. The van der Waals surface area contributed by atoms with Gasteiger partial charge in [0.05, 0.1) is 18.4 Å². The van der Waals surface area contributed by atoms with Gasteiger partial charge in [0.1, 0.15) is 22.3 Å². The van der Waals surface area contributed by atoms with Gasteiger partial charge in [0.25, 0.3) is 5.91 Å². The molecule has 0 bridgehead atoms. The van der Waals surface area contributed by atoms with Crippen molar-refractivity contribution in [3.05, 3.63) is 71.2 Å². The highest BCUT2D eigenvalue weighted by Crippen LogP contribution is 2.36. The van der Waals surface area contributed by atoms with Crippen LogP contribution in [0.4, 0.5) is 14.5 Å². The summed E-state index contributed by atoms with van der Waals surface area (Å²) in [6.45, 7) is 4.37. The lowest BCUT2D eigenvalue weighted by Crippen LogP contribution is -2.28. The fourth-order valence-electron chi connectivity index (χ4n) is 4.62. The summed E-state index contributed by atoms with van der Waals surface area (Å²) in [6.07, 6.45) is 1.53. The van der Waals surface area contributed by atoms with Crippen molar-refractivity contribution in [3.8, 4) is 16.9 Å². The first-order chi connectivity index (χ1) is 18.1. The van der Waals surface area contributed by atoms with Crippen LogP contribution in [-0.2, 0) is 10.0 Å². The minimum atomic E-state index is -3.89. The van der Waals surface area contributed by atoms with Crippen molar-refractivity contribution in [2.45, 2.75) is 31.6 Å². The first-order valence-corrected chi connectivity index (χ1v) is 13.4. The van der Waals surface area contributed by atoms with E-state index in [2.05, 4.69) is 15.4 Å². The van der Waals surface area contributed by atoms with Gasteiger partial charge in [-0.3, -0.25) is 4.79 Å². The Labute approximate surface area is 218 Å². The van der Waals surface area contributed by atoms with Gasteiger partial charge in [-0.15, -0.1) is 0 Å². The quantitative estimate of drug-likeness (QED) is 0.389. The van der Waals surface area contributed by atoms with Crippen LogP contribution in [0.25, 0.3) is 16.8 Å². The Balaban J connectivity index is 1.71. The summed E-state index contributed by atoms with van der Waals surface area (Å²) in [5, 5.41) is 6.80. The molecule has 1 amide bonds. The van der Waals surface area contributed by atoms with Crippen LogP contribution in [0.5, 0.6) is 5.75 Å². The van der Waals surface area contributed by atoms with E-state index in [1.165, 1.54) is 28.1 Å². The molecule has 1 aliphatic rings. The zero-order chi connectivity index (χ0) is 27.2. The molecule has 38 heavy (non-hydrogen) atoms. The molecule has 0 aliphatic carbocycles. The Hall–Kier alpha value is -3.90. The molecule has 1 N–H and O–H groups in total. The third-order valence-corrected chi connectivity index (χ3v) is 8.34. The molecule has 1 aliphatic heterocycles. The molecule has 2 aromatic carbocycles. The first-order valence-electron chi connectivity index (χ1n) is 11.9. The number of benzene rings is 2. The smallest absolute Gasteiger partial charge is 0.276 e. The Bertz CT molecular complexity index is 1680. The Morgan fingerprint density at radius 2 is 1.79 bits per heavy atom. The van der Waals surface area contributed by atoms with E-state index >= 15 is 0 Å². The number of halogens is 2. The zero-order valence-corrected chi connectivity index (χ0v) is 21.8. The zero-order valence-electron chi connectivity index (χ0n) is 21.0. The lowest BCUT2D eigenvalue weighted by atomic mass is 10.0. The number of carbonyl (C=O) groups is 1. The van der Waals surface area contributed by atoms with Crippen LogP contribution in [0.15, 0.2) is 47.4 Å². The maximum absolute atomic E-state index is 14.3. The van der Waals surface area contributed by atoms with Crippen molar-refractivity contribution < 1.29 is 26.7 Å². The molecule has 9 nitrogen and oxygen atoms in total. The second kappa shape index (κ2) is 9.76. The predicted molar refractivity (Wildman–Crippen MR) is 137 cm³/mol. The maximum Gasteiger partial charge on any atom is 0.276 e. The average Bonchev–Trinajstić information content (AvgIpc) is 3.55. The molecule has 12 heteroatoms. The number of aryl methyl sites for hydroxylation is 2. The van der Waals surface area contributed by atoms with Gasteiger partial charge < -0.3 is 10.1 Å². The van der Waals surface area contributed by atoms with Gasteiger partial charge in [-0.2, -0.15) is 9.40 Å². The molecule has 1 saturated heterocycles. The lowest BCUT2D eigenvalue weighted by Gasteiger charge is -2.18. The van der Waals surface area contributed by atoms with E-state index in [-0.39, 0.29) is 27.6 Å². The van der Waals surface area contributed by atoms with E-state index in [9.17, 15) is 22.0 Å². The van der Waals surface area contributed by atoms with Gasteiger partial charge in [0.2, 0.25) is 10.0 Å². The molecule has 198 valence electrons. The summed E-state index contributed by atoms with van der Waals surface area (Å²) >= 11 is 0. The van der Waals surface area contributed by atoms with E-state index < -0.39 is 27.6 Å². The average molecular weight is 542 g/mol. The second-order valence-corrected chi connectivity index (χ2v) is 11.0. The van der Waals surface area contributed by atoms with Crippen LogP contribution in [0.1, 0.15) is 34.7 Å². The first kappa shape index (κ1) is 25.7. The number of rotatable bonds is 6. The molecule has 5 rings (SSSR count). The van der Waals surface area contributed by atoms with Crippen molar-refractivity contribution in [1.82, 2.24) is 18.9 Å². The number of hydrogen-bond donors (Lipinski definition) is 1. The molecule has 4 aromatic rings. The molecule has 3 heterocycles. The number of aromatic nitrogens is 3. The lowest BCUT2D eigenvalue weighted by molar-refractivity contribution is 0.102. The topological polar surface area (TPSA) is 106 Å². The second-order valence-electron chi connectivity index (χ2n) is 9.05. The van der Waals surface area contributed by atoms with Crippen molar-refractivity contribution in [2.24, 2.45) is 0 Å². The Morgan fingerprint density at radius 3 is 2.50 bits per heavy atom. The molecule has 1 fully saturated rings. The van der Waals surface area contributed by atoms with Crippen molar-refractivity contribution >= 4 is 27.3 Å². The summed E-state index contributed by atoms with van der Waals surface area (Å²) < 4.78 is 63.3.